The van der Waals surface area contributed by atoms with Crippen molar-refractivity contribution in [1.82, 2.24) is 25.0 Å². The maximum Gasteiger partial charge on any atom is 0.322 e. The Bertz CT molecular complexity index is 1010. The van der Waals surface area contributed by atoms with E-state index in [4.69, 9.17) is 0 Å². The molecule has 4 rings (SSSR count). The number of nitrogens with zero attached hydrogens (tertiary/aromatic N) is 4. The lowest BCUT2D eigenvalue weighted by molar-refractivity contribution is 0.0758. The molecular weight excluding hydrogens is 395 g/mol. The Morgan fingerprint density at radius 2 is 1.93 bits per heavy atom. The molecule has 0 spiro atoms. The summed E-state index contributed by atoms with van der Waals surface area (Å²) in [4.78, 5) is 32.8. The van der Waals surface area contributed by atoms with Gasteiger partial charge in [-0.15, -0.1) is 11.3 Å². The summed E-state index contributed by atoms with van der Waals surface area (Å²) >= 11 is 1.44. The van der Waals surface area contributed by atoms with Crippen LogP contribution in [0.3, 0.4) is 0 Å². The summed E-state index contributed by atoms with van der Waals surface area (Å²) < 4.78 is 13.9. The molecule has 1 saturated heterocycles. The lowest BCUT2D eigenvalue weighted by Gasteiger charge is -2.22. The van der Waals surface area contributed by atoms with Gasteiger partial charge in [-0.1, -0.05) is 12.1 Å². The van der Waals surface area contributed by atoms with Gasteiger partial charge in [-0.2, -0.15) is 5.10 Å². The van der Waals surface area contributed by atoms with Crippen molar-refractivity contribution in [3.05, 3.63) is 53.4 Å². The molecule has 3 aromatic rings. The Hall–Kier alpha value is -3.27. The van der Waals surface area contributed by atoms with E-state index in [1.165, 1.54) is 23.5 Å². The second-order valence-electron chi connectivity index (χ2n) is 6.54. The van der Waals surface area contributed by atoms with Crippen LogP contribution < -0.4 is 5.32 Å². The molecule has 2 aromatic heterocycles. The summed E-state index contributed by atoms with van der Waals surface area (Å²) in [6.07, 6.45) is 3.83. The zero-order chi connectivity index (χ0) is 20.2. The standard InChI is InChI=1S/C19H19FN6O2S/c20-14-5-2-1-4-13(14)18(27)25-7-3-8-26(10-9-25)19(28)23-15-12-22-24-16(15)17-21-6-11-29-17/h1-2,4-6,11-12H,3,7-10H2,(H,22,24)(H,23,28). The van der Waals surface area contributed by atoms with E-state index >= 15 is 0 Å². The van der Waals surface area contributed by atoms with Crippen molar-refractivity contribution in [2.75, 3.05) is 31.5 Å². The van der Waals surface area contributed by atoms with Crippen LogP contribution in [0.25, 0.3) is 10.7 Å². The first-order valence-corrected chi connectivity index (χ1v) is 10.0. The molecule has 1 aliphatic heterocycles. The minimum absolute atomic E-state index is 0.0527. The largest absolute Gasteiger partial charge is 0.337 e. The Balaban J connectivity index is 1.40. The summed E-state index contributed by atoms with van der Waals surface area (Å²) in [6, 6.07) is 5.67. The Kier molecular flexibility index (Phi) is 5.52. The molecule has 0 radical (unpaired) electrons. The molecule has 150 valence electrons. The molecule has 0 aliphatic carbocycles. The highest BCUT2D eigenvalue weighted by Crippen LogP contribution is 2.27. The molecule has 0 saturated carbocycles. The SMILES string of the molecule is O=C(Nc1cn[nH]c1-c1nccs1)N1CCCN(C(=O)c2ccccc2F)CC1. The summed E-state index contributed by atoms with van der Waals surface area (Å²) in [5.41, 5.74) is 1.25. The van der Waals surface area contributed by atoms with Crippen molar-refractivity contribution in [3.63, 3.8) is 0 Å². The van der Waals surface area contributed by atoms with Crippen LogP contribution >= 0.6 is 11.3 Å². The average molecular weight is 414 g/mol. The first kappa shape index (κ1) is 19.1. The minimum atomic E-state index is -0.536. The number of rotatable bonds is 3. The van der Waals surface area contributed by atoms with E-state index < -0.39 is 5.82 Å². The van der Waals surface area contributed by atoms with Crippen LogP contribution in [0.2, 0.25) is 0 Å². The molecule has 1 aliphatic rings. The molecule has 0 bridgehead atoms. The van der Waals surface area contributed by atoms with Crippen LogP contribution in [0.4, 0.5) is 14.9 Å². The van der Waals surface area contributed by atoms with E-state index in [0.29, 0.717) is 44.0 Å². The maximum atomic E-state index is 13.9. The summed E-state index contributed by atoms with van der Waals surface area (Å²) in [6.45, 7) is 1.66. The van der Waals surface area contributed by atoms with E-state index in [0.717, 1.165) is 5.01 Å². The fraction of sp³-hybridized carbons (Fsp3) is 0.263. The molecule has 3 amide bonds. The molecule has 0 unspecified atom stereocenters. The zero-order valence-corrected chi connectivity index (χ0v) is 16.3. The lowest BCUT2D eigenvalue weighted by Crippen LogP contribution is -2.39. The van der Waals surface area contributed by atoms with Crippen LogP contribution in [-0.2, 0) is 0 Å². The number of aromatic nitrogens is 3. The number of H-pyrrole nitrogens is 1. The van der Waals surface area contributed by atoms with Crippen LogP contribution in [0.5, 0.6) is 0 Å². The summed E-state index contributed by atoms with van der Waals surface area (Å²) in [5.74, 6) is -0.891. The number of benzene rings is 1. The molecule has 8 nitrogen and oxygen atoms in total. The number of anilines is 1. The van der Waals surface area contributed by atoms with Gasteiger partial charge in [0.2, 0.25) is 0 Å². The van der Waals surface area contributed by atoms with E-state index in [-0.39, 0.29) is 17.5 Å². The molecule has 10 heteroatoms. The summed E-state index contributed by atoms with van der Waals surface area (Å²) in [7, 11) is 0. The van der Waals surface area contributed by atoms with Crippen molar-refractivity contribution in [3.8, 4) is 10.7 Å². The van der Waals surface area contributed by atoms with Crippen molar-refractivity contribution in [1.29, 1.82) is 0 Å². The quantitative estimate of drug-likeness (QED) is 0.689. The smallest absolute Gasteiger partial charge is 0.322 e. The molecule has 29 heavy (non-hydrogen) atoms. The van der Waals surface area contributed by atoms with Gasteiger partial charge in [-0.05, 0) is 18.6 Å². The number of nitrogens with one attached hydrogen (secondary N) is 2. The number of carbonyl (C=O) groups excluding carboxylic acids is 2. The third kappa shape index (κ3) is 4.11. The van der Waals surface area contributed by atoms with Gasteiger partial charge >= 0.3 is 6.03 Å². The Labute approximate surface area is 170 Å². The number of amides is 3. The van der Waals surface area contributed by atoms with Gasteiger partial charge in [0.05, 0.1) is 17.4 Å². The van der Waals surface area contributed by atoms with E-state index in [9.17, 15) is 14.0 Å². The number of urea groups is 1. The normalized spacial score (nSPS) is 14.5. The number of halogens is 1. The second kappa shape index (κ2) is 8.39. The van der Waals surface area contributed by atoms with Crippen LogP contribution in [-0.4, -0.2) is 63.1 Å². The van der Waals surface area contributed by atoms with Gasteiger partial charge in [0.25, 0.3) is 5.91 Å². The highest BCUT2D eigenvalue weighted by Gasteiger charge is 2.25. The fourth-order valence-electron chi connectivity index (χ4n) is 3.21. The monoisotopic (exact) mass is 414 g/mol. The van der Waals surface area contributed by atoms with E-state index in [1.54, 1.807) is 34.3 Å². The first-order chi connectivity index (χ1) is 14.1. The van der Waals surface area contributed by atoms with Gasteiger partial charge < -0.3 is 15.1 Å². The van der Waals surface area contributed by atoms with Crippen molar-refractivity contribution < 1.29 is 14.0 Å². The molecule has 3 heterocycles. The number of hydrogen-bond donors (Lipinski definition) is 2. The van der Waals surface area contributed by atoms with Crippen molar-refractivity contribution in [2.24, 2.45) is 0 Å². The first-order valence-electron chi connectivity index (χ1n) is 9.16. The number of aromatic amines is 1. The number of hydrogen-bond acceptors (Lipinski definition) is 5. The van der Waals surface area contributed by atoms with Gasteiger partial charge in [0.15, 0.2) is 0 Å². The third-order valence-electron chi connectivity index (χ3n) is 4.70. The zero-order valence-electron chi connectivity index (χ0n) is 15.5. The van der Waals surface area contributed by atoms with Crippen molar-refractivity contribution >= 4 is 29.0 Å². The predicted molar refractivity (Wildman–Crippen MR) is 107 cm³/mol. The van der Waals surface area contributed by atoms with Crippen molar-refractivity contribution in [2.45, 2.75) is 6.42 Å². The van der Waals surface area contributed by atoms with E-state index in [2.05, 4.69) is 20.5 Å². The number of carbonyl (C=O) groups is 2. The molecular formula is C19H19FN6O2S. The Morgan fingerprint density at radius 3 is 2.72 bits per heavy atom. The maximum absolute atomic E-state index is 13.9. The van der Waals surface area contributed by atoms with Crippen LogP contribution in [0.1, 0.15) is 16.8 Å². The fourth-order valence-corrected chi connectivity index (χ4v) is 3.86. The van der Waals surface area contributed by atoms with Gasteiger partial charge in [0, 0.05) is 37.8 Å². The van der Waals surface area contributed by atoms with Crippen LogP contribution in [0, 0.1) is 5.82 Å². The minimum Gasteiger partial charge on any atom is -0.337 e. The average Bonchev–Trinajstić information content (AvgIpc) is 3.34. The van der Waals surface area contributed by atoms with Gasteiger partial charge in [-0.3, -0.25) is 9.89 Å². The summed E-state index contributed by atoms with van der Waals surface area (Å²) in [5, 5.41) is 12.3. The topological polar surface area (TPSA) is 94.2 Å². The second-order valence-corrected chi connectivity index (χ2v) is 7.43. The molecule has 0 atom stereocenters. The van der Waals surface area contributed by atoms with Gasteiger partial charge in [-0.25, -0.2) is 14.2 Å². The lowest BCUT2D eigenvalue weighted by atomic mass is 10.2. The highest BCUT2D eigenvalue weighted by atomic mass is 32.1. The molecule has 1 aromatic carbocycles. The van der Waals surface area contributed by atoms with Gasteiger partial charge in [0.1, 0.15) is 16.5 Å². The van der Waals surface area contributed by atoms with E-state index in [1.807, 2.05) is 5.38 Å². The predicted octanol–water partition coefficient (Wildman–Crippen LogP) is 3.05. The van der Waals surface area contributed by atoms with Crippen LogP contribution in [0.15, 0.2) is 42.0 Å². The third-order valence-corrected chi connectivity index (χ3v) is 5.49. The number of thiazole rings is 1. The highest BCUT2D eigenvalue weighted by molar-refractivity contribution is 7.13. The molecule has 1 fully saturated rings. The molecule has 2 N–H and O–H groups in total. The Morgan fingerprint density at radius 1 is 1.14 bits per heavy atom.